The summed E-state index contributed by atoms with van der Waals surface area (Å²) in [6, 6.07) is 6.42. The van der Waals surface area contributed by atoms with Crippen molar-refractivity contribution in [3.8, 4) is 11.5 Å². The van der Waals surface area contributed by atoms with Gasteiger partial charge in [0.1, 0.15) is 6.10 Å². The monoisotopic (exact) mass is 261 g/mol. The number of ether oxygens (including phenoxy) is 2. The largest absolute Gasteiger partial charge is 0.493 e. The molecule has 3 nitrogen and oxygen atoms in total. The van der Waals surface area contributed by atoms with Crippen LogP contribution in [0.1, 0.15) is 37.7 Å². The molecule has 3 heteroatoms. The standard InChI is InChI=1S/C16H23NO2/c1-11-5-6-12(13(9-11)18-2)19-15-10-14(17)16(15)7-3-4-8-16/h5-6,9,14-15H,3-4,7-8,10,17H2,1-2H3. The molecule has 2 N–H and O–H groups in total. The Hall–Kier alpha value is -1.22. The van der Waals surface area contributed by atoms with Crippen LogP contribution < -0.4 is 15.2 Å². The second kappa shape index (κ2) is 4.71. The fourth-order valence-corrected chi connectivity index (χ4v) is 3.70. The molecule has 2 unspecified atom stereocenters. The summed E-state index contributed by atoms with van der Waals surface area (Å²) in [5.74, 6) is 1.69. The van der Waals surface area contributed by atoms with Gasteiger partial charge in [-0.1, -0.05) is 18.9 Å². The van der Waals surface area contributed by atoms with Gasteiger partial charge >= 0.3 is 0 Å². The third-order valence-electron chi connectivity index (χ3n) is 4.97. The van der Waals surface area contributed by atoms with Crippen LogP contribution in [-0.2, 0) is 0 Å². The maximum absolute atomic E-state index is 6.25. The average molecular weight is 261 g/mol. The minimum absolute atomic E-state index is 0.232. The second-order valence-corrected chi connectivity index (χ2v) is 6.04. The van der Waals surface area contributed by atoms with Crippen molar-refractivity contribution in [2.75, 3.05) is 7.11 Å². The molecule has 2 aliphatic carbocycles. The lowest BCUT2D eigenvalue weighted by atomic mass is 9.61. The van der Waals surface area contributed by atoms with E-state index in [-0.39, 0.29) is 11.5 Å². The Kier molecular flexibility index (Phi) is 3.17. The zero-order valence-corrected chi connectivity index (χ0v) is 11.8. The predicted molar refractivity (Wildman–Crippen MR) is 75.6 cm³/mol. The molecular formula is C16H23NO2. The molecule has 0 saturated heterocycles. The molecule has 0 radical (unpaired) electrons. The first-order chi connectivity index (χ1) is 9.15. The fraction of sp³-hybridized carbons (Fsp3) is 0.625. The van der Waals surface area contributed by atoms with Crippen LogP contribution in [0.4, 0.5) is 0 Å². The van der Waals surface area contributed by atoms with Gasteiger partial charge in [0.25, 0.3) is 0 Å². The van der Waals surface area contributed by atoms with Gasteiger partial charge in [-0.15, -0.1) is 0 Å². The first-order valence-electron chi connectivity index (χ1n) is 7.22. The first kappa shape index (κ1) is 12.8. The second-order valence-electron chi connectivity index (χ2n) is 6.04. The van der Waals surface area contributed by atoms with Crippen molar-refractivity contribution in [3.63, 3.8) is 0 Å². The van der Waals surface area contributed by atoms with Crippen molar-refractivity contribution in [2.24, 2.45) is 11.1 Å². The first-order valence-corrected chi connectivity index (χ1v) is 7.22. The van der Waals surface area contributed by atoms with Crippen LogP contribution in [0, 0.1) is 12.3 Å². The van der Waals surface area contributed by atoms with Gasteiger partial charge in [-0.25, -0.2) is 0 Å². The number of hydrogen-bond acceptors (Lipinski definition) is 3. The summed E-state index contributed by atoms with van der Waals surface area (Å²) >= 11 is 0. The molecule has 2 fully saturated rings. The molecular weight excluding hydrogens is 238 g/mol. The molecule has 1 spiro atoms. The highest BCUT2D eigenvalue weighted by molar-refractivity contribution is 5.43. The lowest BCUT2D eigenvalue weighted by Crippen LogP contribution is -2.62. The minimum Gasteiger partial charge on any atom is -0.493 e. The highest BCUT2D eigenvalue weighted by Gasteiger charge is 2.56. The highest BCUT2D eigenvalue weighted by Crippen LogP contribution is 2.54. The molecule has 0 aliphatic heterocycles. The maximum atomic E-state index is 6.25. The number of nitrogens with two attached hydrogens (primary N) is 1. The van der Waals surface area contributed by atoms with E-state index >= 15 is 0 Å². The predicted octanol–water partition coefficient (Wildman–Crippen LogP) is 3.04. The Labute approximate surface area is 115 Å². The van der Waals surface area contributed by atoms with Crippen molar-refractivity contribution in [1.29, 1.82) is 0 Å². The van der Waals surface area contributed by atoms with E-state index in [9.17, 15) is 0 Å². The van der Waals surface area contributed by atoms with Gasteiger partial charge in [-0.3, -0.25) is 0 Å². The summed E-state index contributed by atoms with van der Waals surface area (Å²) in [6.45, 7) is 2.06. The molecule has 104 valence electrons. The van der Waals surface area contributed by atoms with Gasteiger partial charge in [0, 0.05) is 17.9 Å². The van der Waals surface area contributed by atoms with Crippen LogP contribution in [0.2, 0.25) is 0 Å². The smallest absolute Gasteiger partial charge is 0.161 e. The summed E-state index contributed by atoms with van der Waals surface area (Å²) in [4.78, 5) is 0. The molecule has 0 aromatic heterocycles. The Morgan fingerprint density at radius 1 is 1.21 bits per heavy atom. The van der Waals surface area contributed by atoms with Gasteiger partial charge in [-0.05, 0) is 37.5 Å². The topological polar surface area (TPSA) is 44.5 Å². The van der Waals surface area contributed by atoms with Crippen molar-refractivity contribution in [1.82, 2.24) is 0 Å². The average Bonchev–Trinajstić information content (AvgIpc) is 2.92. The van der Waals surface area contributed by atoms with E-state index in [1.54, 1.807) is 7.11 Å². The Balaban J connectivity index is 1.79. The van der Waals surface area contributed by atoms with E-state index in [2.05, 4.69) is 13.0 Å². The summed E-state index contributed by atoms with van der Waals surface area (Å²) in [5, 5.41) is 0. The summed E-state index contributed by atoms with van der Waals surface area (Å²) in [5.41, 5.74) is 7.66. The van der Waals surface area contributed by atoms with E-state index in [0.29, 0.717) is 6.04 Å². The fourth-order valence-electron chi connectivity index (χ4n) is 3.70. The third kappa shape index (κ3) is 2.00. The molecule has 1 aromatic rings. The SMILES string of the molecule is COc1cc(C)ccc1OC1CC(N)C12CCCC2. The quantitative estimate of drug-likeness (QED) is 0.909. The van der Waals surface area contributed by atoms with Crippen LogP contribution in [0.3, 0.4) is 0 Å². The van der Waals surface area contributed by atoms with E-state index < -0.39 is 0 Å². The van der Waals surface area contributed by atoms with Crippen LogP contribution in [0.15, 0.2) is 18.2 Å². The molecule has 0 amide bonds. The number of aryl methyl sites for hydroxylation is 1. The van der Waals surface area contributed by atoms with Crippen molar-refractivity contribution < 1.29 is 9.47 Å². The number of hydrogen-bond donors (Lipinski definition) is 1. The van der Waals surface area contributed by atoms with Crippen molar-refractivity contribution in [3.05, 3.63) is 23.8 Å². The van der Waals surface area contributed by atoms with Gasteiger partial charge in [0.15, 0.2) is 11.5 Å². The molecule has 1 aromatic carbocycles. The number of benzene rings is 1. The summed E-state index contributed by atoms with van der Waals surface area (Å²) in [7, 11) is 1.69. The minimum atomic E-state index is 0.232. The molecule has 19 heavy (non-hydrogen) atoms. The Morgan fingerprint density at radius 2 is 1.95 bits per heavy atom. The van der Waals surface area contributed by atoms with E-state index in [0.717, 1.165) is 17.9 Å². The normalized spacial score (nSPS) is 28.2. The van der Waals surface area contributed by atoms with E-state index in [4.69, 9.17) is 15.2 Å². The summed E-state index contributed by atoms with van der Waals surface area (Å²) in [6.07, 6.45) is 6.25. The van der Waals surface area contributed by atoms with Gasteiger partial charge in [0.05, 0.1) is 7.11 Å². The van der Waals surface area contributed by atoms with Crippen LogP contribution in [0.25, 0.3) is 0 Å². The molecule has 0 heterocycles. The number of rotatable bonds is 3. The maximum Gasteiger partial charge on any atom is 0.161 e. The van der Waals surface area contributed by atoms with Crippen LogP contribution >= 0.6 is 0 Å². The Bertz CT molecular complexity index is 466. The van der Waals surface area contributed by atoms with Crippen LogP contribution in [0.5, 0.6) is 11.5 Å². The van der Waals surface area contributed by atoms with Gasteiger partial charge in [0.2, 0.25) is 0 Å². The zero-order chi connectivity index (χ0) is 13.5. The third-order valence-corrected chi connectivity index (χ3v) is 4.97. The van der Waals surface area contributed by atoms with Crippen molar-refractivity contribution in [2.45, 2.75) is 51.2 Å². The van der Waals surface area contributed by atoms with Crippen molar-refractivity contribution >= 4 is 0 Å². The van der Waals surface area contributed by atoms with E-state index in [1.165, 1.54) is 31.2 Å². The highest BCUT2D eigenvalue weighted by atomic mass is 16.5. The van der Waals surface area contributed by atoms with Gasteiger partial charge < -0.3 is 15.2 Å². The van der Waals surface area contributed by atoms with E-state index in [1.807, 2.05) is 12.1 Å². The zero-order valence-electron chi connectivity index (χ0n) is 11.8. The molecule has 2 atom stereocenters. The van der Waals surface area contributed by atoms with Crippen LogP contribution in [-0.4, -0.2) is 19.3 Å². The molecule has 0 bridgehead atoms. The molecule has 2 aliphatic rings. The summed E-state index contributed by atoms with van der Waals surface area (Å²) < 4.78 is 11.6. The van der Waals surface area contributed by atoms with Gasteiger partial charge in [-0.2, -0.15) is 0 Å². The lowest BCUT2D eigenvalue weighted by Gasteiger charge is -2.52. The number of methoxy groups -OCH3 is 1. The Morgan fingerprint density at radius 3 is 2.58 bits per heavy atom. The molecule has 3 rings (SSSR count). The lowest BCUT2D eigenvalue weighted by molar-refractivity contribution is -0.0629. The molecule has 2 saturated carbocycles.